The molecule has 8 nitrogen and oxygen atoms in total. The van der Waals surface area contributed by atoms with Gasteiger partial charge >= 0.3 is 0 Å². The maximum Gasteiger partial charge on any atom is 0.191 e. The van der Waals surface area contributed by atoms with Gasteiger partial charge < -0.3 is 24.7 Å². The molecule has 1 aromatic carbocycles. The zero-order valence-corrected chi connectivity index (χ0v) is 20.9. The SMILES string of the molecule is Cc1nnc(CNC(=NCc2ccccc2)NCCCOCC2CCOCC2)n1C.I. The highest BCUT2D eigenvalue weighted by atomic mass is 127. The quantitative estimate of drug-likeness (QED) is 0.208. The second-order valence-corrected chi connectivity index (χ2v) is 7.64. The average Bonchev–Trinajstić information content (AvgIpc) is 3.11. The van der Waals surface area contributed by atoms with E-state index in [1.807, 2.05) is 36.7 Å². The lowest BCUT2D eigenvalue weighted by atomic mass is 10.0. The Bertz CT molecular complexity index is 778. The minimum atomic E-state index is 0. The van der Waals surface area contributed by atoms with E-state index in [0.29, 0.717) is 19.0 Å². The molecule has 3 rings (SSSR count). The smallest absolute Gasteiger partial charge is 0.191 e. The molecule has 31 heavy (non-hydrogen) atoms. The number of nitrogens with zero attached hydrogens (tertiary/aromatic N) is 4. The van der Waals surface area contributed by atoms with Crippen LogP contribution in [0, 0.1) is 12.8 Å². The normalized spacial score (nSPS) is 14.8. The van der Waals surface area contributed by atoms with Crippen molar-refractivity contribution in [2.24, 2.45) is 18.0 Å². The Hall–Kier alpha value is -1.72. The van der Waals surface area contributed by atoms with Gasteiger partial charge in [-0.05, 0) is 37.7 Å². The van der Waals surface area contributed by atoms with Gasteiger partial charge in [-0.1, -0.05) is 30.3 Å². The lowest BCUT2D eigenvalue weighted by Gasteiger charge is -2.21. The van der Waals surface area contributed by atoms with Gasteiger partial charge in [0.05, 0.1) is 13.1 Å². The molecule has 0 unspecified atom stereocenters. The average molecular weight is 542 g/mol. The summed E-state index contributed by atoms with van der Waals surface area (Å²) in [6.07, 6.45) is 3.15. The Kier molecular flexibility index (Phi) is 11.8. The van der Waals surface area contributed by atoms with Crippen LogP contribution in [0.5, 0.6) is 0 Å². The standard InChI is InChI=1S/C22H34N6O2.HI/c1-18-26-27-21(28(18)2)16-25-22(24-15-19-7-4-3-5-8-19)23-11-6-12-30-17-20-9-13-29-14-10-20;/h3-5,7-8,20H,6,9-17H2,1-2H3,(H2,23,24,25);1H. The fourth-order valence-corrected chi connectivity index (χ4v) is 3.24. The summed E-state index contributed by atoms with van der Waals surface area (Å²) in [7, 11) is 1.97. The number of aromatic nitrogens is 3. The highest BCUT2D eigenvalue weighted by molar-refractivity contribution is 14.0. The van der Waals surface area contributed by atoms with Crippen LogP contribution >= 0.6 is 24.0 Å². The molecule has 0 amide bonds. The second kappa shape index (κ2) is 14.4. The molecule has 1 aliphatic rings. The van der Waals surface area contributed by atoms with E-state index < -0.39 is 0 Å². The fraction of sp³-hybridized carbons (Fsp3) is 0.591. The van der Waals surface area contributed by atoms with E-state index in [9.17, 15) is 0 Å². The van der Waals surface area contributed by atoms with Gasteiger partial charge in [0.2, 0.25) is 0 Å². The molecule has 1 fully saturated rings. The molecule has 1 aromatic heterocycles. The lowest BCUT2D eigenvalue weighted by Crippen LogP contribution is -2.38. The number of hydrogen-bond acceptors (Lipinski definition) is 5. The molecule has 0 radical (unpaired) electrons. The molecule has 0 saturated carbocycles. The van der Waals surface area contributed by atoms with Crippen molar-refractivity contribution in [3.8, 4) is 0 Å². The summed E-state index contributed by atoms with van der Waals surface area (Å²) in [5.74, 6) is 3.18. The van der Waals surface area contributed by atoms with Crippen LogP contribution in [0.2, 0.25) is 0 Å². The highest BCUT2D eigenvalue weighted by Gasteiger charge is 2.13. The van der Waals surface area contributed by atoms with Crippen LogP contribution in [0.3, 0.4) is 0 Å². The molecule has 172 valence electrons. The van der Waals surface area contributed by atoms with Gasteiger partial charge in [0.1, 0.15) is 5.82 Å². The van der Waals surface area contributed by atoms with E-state index in [2.05, 4.69) is 33.0 Å². The molecule has 2 N–H and O–H groups in total. The summed E-state index contributed by atoms with van der Waals surface area (Å²) in [5.41, 5.74) is 1.17. The summed E-state index contributed by atoms with van der Waals surface area (Å²) < 4.78 is 13.2. The van der Waals surface area contributed by atoms with Crippen LogP contribution < -0.4 is 10.6 Å². The van der Waals surface area contributed by atoms with E-state index in [1.165, 1.54) is 5.56 Å². The summed E-state index contributed by atoms with van der Waals surface area (Å²) in [6, 6.07) is 10.2. The van der Waals surface area contributed by atoms with Gasteiger partial charge in [-0.3, -0.25) is 0 Å². The van der Waals surface area contributed by atoms with Gasteiger partial charge in [0, 0.05) is 40.0 Å². The Labute approximate surface area is 202 Å². The molecule has 2 heterocycles. The monoisotopic (exact) mass is 542 g/mol. The highest BCUT2D eigenvalue weighted by Crippen LogP contribution is 2.14. The maximum absolute atomic E-state index is 5.85. The Morgan fingerprint density at radius 1 is 1.19 bits per heavy atom. The van der Waals surface area contributed by atoms with Gasteiger partial charge in [-0.2, -0.15) is 0 Å². The topological polar surface area (TPSA) is 85.6 Å². The second-order valence-electron chi connectivity index (χ2n) is 7.64. The van der Waals surface area contributed by atoms with Crippen LogP contribution in [-0.2, 0) is 29.6 Å². The van der Waals surface area contributed by atoms with E-state index in [1.54, 1.807) is 0 Å². The Balaban J connectivity index is 0.00000341. The molecule has 0 atom stereocenters. The lowest BCUT2D eigenvalue weighted by molar-refractivity contribution is 0.0203. The van der Waals surface area contributed by atoms with Crippen molar-refractivity contribution < 1.29 is 9.47 Å². The van der Waals surface area contributed by atoms with Crippen molar-refractivity contribution in [2.45, 2.75) is 39.3 Å². The fourth-order valence-electron chi connectivity index (χ4n) is 3.24. The molecule has 1 aliphatic heterocycles. The van der Waals surface area contributed by atoms with Crippen LogP contribution in [0.15, 0.2) is 35.3 Å². The summed E-state index contributed by atoms with van der Waals surface area (Å²) in [5, 5.41) is 15.1. The first-order chi connectivity index (χ1) is 14.7. The van der Waals surface area contributed by atoms with E-state index in [4.69, 9.17) is 14.5 Å². The molecule has 0 bridgehead atoms. The van der Waals surface area contributed by atoms with Crippen LogP contribution in [-0.4, -0.2) is 53.7 Å². The Morgan fingerprint density at radius 3 is 2.68 bits per heavy atom. The number of aliphatic imine (C=N–C) groups is 1. The number of nitrogens with one attached hydrogen (secondary N) is 2. The minimum Gasteiger partial charge on any atom is -0.381 e. The third-order valence-corrected chi connectivity index (χ3v) is 5.31. The molecule has 2 aromatic rings. The van der Waals surface area contributed by atoms with Crippen LogP contribution in [0.4, 0.5) is 0 Å². The van der Waals surface area contributed by atoms with Crippen molar-refractivity contribution in [3.05, 3.63) is 47.5 Å². The first-order valence-corrected chi connectivity index (χ1v) is 10.8. The number of benzene rings is 1. The molecular formula is C22H35IN6O2. The predicted molar refractivity (Wildman–Crippen MR) is 133 cm³/mol. The number of hydrogen-bond donors (Lipinski definition) is 2. The van der Waals surface area contributed by atoms with E-state index in [0.717, 1.165) is 69.8 Å². The summed E-state index contributed by atoms with van der Waals surface area (Å²) in [6.45, 7) is 7.25. The van der Waals surface area contributed by atoms with Gasteiger partial charge in [-0.25, -0.2) is 4.99 Å². The zero-order valence-electron chi connectivity index (χ0n) is 18.5. The minimum absolute atomic E-state index is 0. The third-order valence-electron chi connectivity index (χ3n) is 5.31. The molecule has 9 heteroatoms. The maximum atomic E-state index is 5.85. The molecule has 1 saturated heterocycles. The van der Waals surface area contributed by atoms with Crippen LogP contribution in [0.1, 0.15) is 36.5 Å². The Morgan fingerprint density at radius 2 is 1.97 bits per heavy atom. The van der Waals surface area contributed by atoms with Gasteiger partial charge in [0.15, 0.2) is 11.8 Å². The van der Waals surface area contributed by atoms with E-state index >= 15 is 0 Å². The van der Waals surface area contributed by atoms with Crippen molar-refractivity contribution >= 4 is 29.9 Å². The molecule has 0 aliphatic carbocycles. The third kappa shape index (κ3) is 9.12. The first-order valence-electron chi connectivity index (χ1n) is 10.8. The van der Waals surface area contributed by atoms with Crippen molar-refractivity contribution in [2.75, 3.05) is 33.0 Å². The van der Waals surface area contributed by atoms with E-state index in [-0.39, 0.29) is 24.0 Å². The van der Waals surface area contributed by atoms with Gasteiger partial charge in [-0.15, -0.1) is 34.2 Å². The number of rotatable bonds is 10. The number of halogens is 1. The van der Waals surface area contributed by atoms with Crippen molar-refractivity contribution in [1.29, 1.82) is 0 Å². The number of guanidine groups is 1. The predicted octanol–water partition coefficient (Wildman–Crippen LogP) is 2.81. The number of aryl methyl sites for hydroxylation is 1. The van der Waals surface area contributed by atoms with Gasteiger partial charge in [0.25, 0.3) is 0 Å². The molecule has 0 spiro atoms. The molecular weight excluding hydrogens is 507 g/mol. The summed E-state index contributed by atoms with van der Waals surface area (Å²) in [4.78, 5) is 4.72. The van der Waals surface area contributed by atoms with Crippen molar-refractivity contribution in [3.63, 3.8) is 0 Å². The largest absolute Gasteiger partial charge is 0.381 e. The van der Waals surface area contributed by atoms with Crippen molar-refractivity contribution in [1.82, 2.24) is 25.4 Å². The zero-order chi connectivity index (χ0) is 21.0. The first kappa shape index (κ1) is 25.5. The number of ether oxygens (including phenoxy) is 2. The van der Waals surface area contributed by atoms with Crippen LogP contribution in [0.25, 0.3) is 0 Å². The summed E-state index contributed by atoms with van der Waals surface area (Å²) >= 11 is 0.